The predicted octanol–water partition coefficient (Wildman–Crippen LogP) is 3.12. The average Bonchev–Trinajstić information content (AvgIpc) is 3.39. The Morgan fingerprint density at radius 3 is 2.63 bits per heavy atom. The molecule has 2 heterocycles. The molecule has 0 unspecified atom stereocenters. The molecule has 6 nitrogen and oxygen atoms in total. The molecular weight excluding hydrogens is 385 g/mol. The van der Waals surface area contributed by atoms with Crippen LogP contribution in [0.4, 0.5) is 21.5 Å². The first-order valence-corrected chi connectivity index (χ1v) is 10.3. The maximum Gasteiger partial charge on any atom is 0.230 e. The number of anilines is 3. The Kier molecular flexibility index (Phi) is 4.53. The van der Waals surface area contributed by atoms with Gasteiger partial charge in [-0.2, -0.15) is 0 Å². The molecule has 3 amide bonds. The molecule has 1 saturated heterocycles. The molecule has 2 aliphatic heterocycles. The second-order valence-electron chi connectivity index (χ2n) is 8.20. The summed E-state index contributed by atoms with van der Waals surface area (Å²) < 4.78 is 13.8. The molecule has 2 aromatic carbocycles. The van der Waals surface area contributed by atoms with E-state index in [2.05, 4.69) is 5.32 Å². The van der Waals surface area contributed by atoms with Gasteiger partial charge in [0.2, 0.25) is 17.7 Å². The van der Waals surface area contributed by atoms with E-state index in [0.717, 1.165) is 36.2 Å². The van der Waals surface area contributed by atoms with Gasteiger partial charge in [-0.05, 0) is 55.2 Å². The van der Waals surface area contributed by atoms with Crippen molar-refractivity contribution in [1.82, 2.24) is 0 Å². The van der Waals surface area contributed by atoms with Crippen molar-refractivity contribution >= 4 is 34.8 Å². The Balaban J connectivity index is 1.30. The number of carbonyl (C=O) groups is 3. The monoisotopic (exact) mass is 407 g/mol. The maximum atomic E-state index is 13.8. The van der Waals surface area contributed by atoms with Crippen LogP contribution in [0.1, 0.15) is 24.8 Å². The van der Waals surface area contributed by atoms with E-state index in [1.165, 1.54) is 12.1 Å². The number of hydrogen-bond donors (Lipinski definition) is 1. The van der Waals surface area contributed by atoms with Gasteiger partial charge in [0.1, 0.15) is 5.82 Å². The van der Waals surface area contributed by atoms with E-state index < -0.39 is 11.7 Å². The van der Waals surface area contributed by atoms with Crippen molar-refractivity contribution in [3.63, 3.8) is 0 Å². The van der Waals surface area contributed by atoms with Crippen molar-refractivity contribution < 1.29 is 18.8 Å². The third-order valence-corrected chi connectivity index (χ3v) is 6.09. The Hall–Kier alpha value is -3.22. The molecule has 30 heavy (non-hydrogen) atoms. The summed E-state index contributed by atoms with van der Waals surface area (Å²) in [6.45, 7) is 0.929. The summed E-state index contributed by atoms with van der Waals surface area (Å²) in [4.78, 5) is 41.1. The van der Waals surface area contributed by atoms with Crippen molar-refractivity contribution in [2.75, 3.05) is 28.2 Å². The average molecular weight is 407 g/mol. The third kappa shape index (κ3) is 3.34. The first-order chi connectivity index (χ1) is 14.5. The van der Waals surface area contributed by atoms with Crippen LogP contribution in [0.15, 0.2) is 42.5 Å². The predicted molar refractivity (Wildman–Crippen MR) is 111 cm³/mol. The smallest absolute Gasteiger partial charge is 0.230 e. The fourth-order valence-electron chi connectivity index (χ4n) is 4.27. The number of nitrogens with zero attached hydrogens (tertiary/aromatic N) is 2. The molecule has 0 radical (unpaired) electrons. The maximum absolute atomic E-state index is 13.8. The number of hydrogen-bond acceptors (Lipinski definition) is 3. The van der Waals surface area contributed by atoms with E-state index in [1.807, 2.05) is 23.1 Å². The van der Waals surface area contributed by atoms with Gasteiger partial charge in [0.05, 0.1) is 11.6 Å². The van der Waals surface area contributed by atoms with Crippen LogP contribution in [0.3, 0.4) is 0 Å². The van der Waals surface area contributed by atoms with Crippen molar-refractivity contribution in [1.29, 1.82) is 0 Å². The molecule has 2 fully saturated rings. The number of fused-ring (bicyclic) bond motifs is 1. The summed E-state index contributed by atoms with van der Waals surface area (Å²) in [6, 6.07) is 11.7. The molecule has 5 rings (SSSR count). The Morgan fingerprint density at radius 1 is 1.07 bits per heavy atom. The highest BCUT2D eigenvalue weighted by atomic mass is 19.1. The van der Waals surface area contributed by atoms with Crippen molar-refractivity contribution in [2.24, 2.45) is 11.8 Å². The zero-order valence-corrected chi connectivity index (χ0v) is 16.4. The van der Waals surface area contributed by atoms with Crippen LogP contribution in [-0.4, -0.2) is 30.8 Å². The molecule has 0 bridgehead atoms. The topological polar surface area (TPSA) is 69.7 Å². The Labute approximate surface area is 173 Å². The molecule has 1 saturated carbocycles. The molecule has 2 aromatic rings. The summed E-state index contributed by atoms with van der Waals surface area (Å²) in [6.07, 6.45) is 2.80. The van der Waals surface area contributed by atoms with E-state index in [0.29, 0.717) is 6.54 Å². The first-order valence-electron chi connectivity index (χ1n) is 10.3. The van der Waals surface area contributed by atoms with Gasteiger partial charge in [0.25, 0.3) is 0 Å². The highest BCUT2D eigenvalue weighted by Crippen LogP contribution is 2.38. The van der Waals surface area contributed by atoms with Crippen LogP contribution in [-0.2, 0) is 20.8 Å². The SMILES string of the molecule is O=C(Nc1ccccc1F)[C@@H]1CC(=O)N(c2ccc3c(c2)CCN3C(=O)C2CC2)C1. The minimum atomic E-state index is -0.543. The standard InChI is InChI=1S/C23H22FN3O3/c24-18-3-1-2-4-19(18)25-22(29)16-12-21(28)27(13-16)17-7-8-20-15(11-17)9-10-26(20)23(30)14-5-6-14/h1-4,7-8,11,14,16H,5-6,9-10,12-13H2,(H,25,29)/t16-/m1/s1. The highest BCUT2D eigenvalue weighted by molar-refractivity contribution is 6.04. The fraction of sp³-hybridized carbons (Fsp3) is 0.348. The van der Waals surface area contributed by atoms with Gasteiger partial charge >= 0.3 is 0 Å². The van der Waals surface area contributed by atoms with Gasteiger partial charge in [-0.3, -0.25) is 14.4 Å². The minimum absolute atomic E-state index is 0.0870. The van der Waals surface area contributed by atoms with E-state index in [4.69, 9.17) is 0 Å². The minimum Gasteiger partial charge on any atom is -0.323 e. The molecule has 3 aliphatic rings. The Morgan fingerprint density at radius 2 is 1.87 bits per heavy atom. The zero-order valence-electron chi connectivity index (χ0n) is 16.4. The number of amides is 3. The number of nitrogens with one attached hydrogen (secondary N) is 1. The highest BCUT2D eigenvalue weighted by Gasteiger charge is 2.38. The normalized spacial score (nSPS) is 20.4. The molecule has 154 valence electrons. The quantitative estimate of drug-likeness (QED) is 0.847. The molecule has 1 aliphatic carbocycles. The number of para-hydroxylation sites is 1. The van der Waals surface area contributed by atoms with E-state index in [1.54, 1.807) is 17.0 Å². The van der Waals surface area contributed by atoms with Gasteiger partial charge in [0.15, 0.2) is 0 Å². The van der Waals surface area contributed by atoms with Gasteiger partial charge in [-0.1, -0.05) is 12.1 Å². The zero-order chi connectivity index (χ0) is 20.8. The molecule has 1 atom stereocenters. The van der Waals surface area contributed by atoms with Crippen LogP contribution in [0.2, 0.25) is 0 Å². The van der Waals surface area contributed by atoms with Gasteiger partial charge in [-0.15, -0.1) is 0 Å². The van der Waals surface area contributed by atoms with Crippen LogP contribution >= 0.6 is 0 Å². The summed E-state index contributed by atoms with van der Waals surface area (Å²) in [5, 5.41) is 2.58. The second-order valence-corrected chi connectivity index (χ2v) is 8.20. The van der Waals surface area contributed by atoms with Crippen LogP contribution in [0.25, 0.3) is 0 Å². The third-order valence-electron chi connectivity index (χ3n) is 6.09. The molecular formula is C23H22FN3O3. The van der Waals surface area contributed by atoms with E-state index >= 15 is 0 Å². The number of halogens is 1. The van der Waals surface area contributed by atoms with Crippen LogP contribution in [0, 0.1) is 17.7 Å². The summed E-state index contributed by atoms with van der Waals surface area (Å²) in [7, 11) is 0. The number of rotatable bonds is 4. The first kappa shape index (κ1) is 18.8. The summed E-state index contributed by atoms with van der Waals surface area (Å²) in [5.74, 6) is -1.17. The molecule has 1 N–H and O–H groups in total. The number of benzene rings is 2. The molecule has 0 spiro atoms. The van der Waals surface area contributed by atoms with Crippen LogP contribution < -0.4 is 15.1 Å². The van der Waals surface area contributed by atoms with Gasteiger partial charge in [0, 0.05) is 36.8 Å². The largest absolute Gasteiger partial charge is 0.323 e. The lowest BCUT2D eigenvalue weighted by Gasteiger charge is -2.20. The van der Waals surface area contributed by atoms with E-state index in [9.17, 15) is 18.8 Å². The second kappa shape index (κ2) is 7.23. The van der Waals surface area contributed by atoms with Crippen molar-refractivity contribution in [3.8, 4) is 0 Å². The molecule has 0 aromatic heterocycles. The molecule has 7 heteroatoms. The lowest BCUT2D eigenvalue weighted by Crippen LogP contribution is -2.30. The van der Waals surface area contributed by atoms with Gasteiger partial charge < -0.3 is 15.1 Å². The van der Waals surface area contributed by atoms with Crippen molar-refractivity contribution in [2.45, 2.75) is 25.7 Å². The number of carbonyl (C=O) groups excluding carboxylic acids is 3. The lowest BCUT2D eigenvalue weighted by molar-refractivity contribution is -0.122. The Bertz CT molecular complexity index is 1050. The summed E-state index contributed by atoms with van der Waals surface area (Å²) in [5.41, 5.74) is 2.83. The fourth-order valence-corrected chi connectivity index (χ4v) is 4.27. The van der Waals surface area contributed by atoms with E-state index in [-0.39, 0.29) is 42.3 Å². The van der Waals surface area contributed by atoms with Gasteiger partial charge in [-0.25, -0.2) is 4.39 Å². The van der Waals surface area contributed by atoms with Crippen LogP contribution in [0.5, 0.6) is 0 Å². The summed E-state index contributed by atoms with van der Waals surface area (Å²) >= 11 is 0. The lowest BCUT2D eigenvalue weighted by atomic mass is 10.1. The van der Waals surface area contributed by atoms with Crippen molar-refractivity contribution in [3.05, 3.63) is 53.8 Å².